The van der Waals surface area contributed by atoms with Gasteiger partial charge in [0.25, 0.3) is 5.91 Å². The van der Waals surface area contributed by atoms with Crippen LogP contribution in [0.4, 0.5) is 0 Å². The maximum absolute atomic E-state index is 13.9. The van der Waals surface area contributed by atoms with Crippen LogP contribution in [-0.4, -0.2) is 67.4 Å². The predicted octanol–water partition coefficient (Wildman–Crippen LogP) is 4.92. The van der Waals surface area contributed by atoms with E-state index in [0.717, 1.165) is 11.3 Å². The maximum atomic E-state index is 13.9. The van der Waals surface area contributed by atoms with E-state index in [0.29, 0.717) is 34.4 Å². The van der Waals surface area contributed by atoms with E-state index < -0.39 is 5.60 Å². The Kier molecular flexibility index (Phi) is 8.42. The quantitative estimate of drug-likeness (QED) is 0.615. The molecule has 0 saturated carbocycles. The Morgan fingerprint density at radius 1 is 1.14 bits per heavy atom. The molecule has 0 saturated heterocycles. The molecule has 1 aromatic carbocycles. The van der Waals surface area contributed by atoms with E-state index in [1.165, 1.54) is 0 Å². The van der Waals surface area contributed by atoms with Gasteiger partial charge in [-0.05, 0) is 59.7 Å². The van der Waals surface area contributed by atoms with E-state index in [9.17, 15) is 9.90 Å². The van der Waals surface area contributed by atoms with E-state index in [2.05, 4.69) is 16.9 Å². The van der Waals surface area contributed by atoms with Gasteiger partial charge in [-0.25, -0.2) is 15.0 Å². The highest BCUT2D eigenvalue weighted by Gasteiger charge is 2.35. The number of benzene rings is 1. The Hall–Kier alpha value is -2.26. The number of carbonyl (C=O) groups excluding carboxylic acids is 1. The summed E-state index contributed by atoms with van der Waals surface area (Å²) in [6.07, 6.45) is 4.02. The Morgan fingerprint density at radius 2 is 1.77 bits per heavy atom. The van der Waals surface area contributed by atoms with Crippen molar-refractivity contribution in [2.24, 2.45) is 5.10 Å². The van der Waals surface area contributed by atoms with Crippen LogP contribution >= 0.6 is 23.2 Å². The summed E-state index contributed by atoms with van der Waals surface area (Å²) in [5, 5.41) is 21.5. The number of nitrogens with zero attached hydrogens (tertiary/aromatic N) is 6. The number of hydrazone groups is 1. The molecular weight excluding hydrogens is 487 g/mol. The van der Waals surface area contributed by atoms with E-state index in [4.69, 9.17) is 28.3 Å². The summed E-state index contributed by atoms with van der Waals surface area (Å²) in [5.74, 6) is 0.161. The molecule has 1 aliphatic heterocycles. The van der Waals surface area contributed by atoms with Gasteiger partial charge < -0.3 is 5.11 Å². The van der Waals surface area contributed by atoms with Crippen LogP contribution < -0.4 is 0 Å². The first-order chi connectivity index (χ1) is 16.3. The molecule has 1 aliphatic rings. The Bertz CT molecular complexity index is 1090. The first kappa shape index (κ1) is 27.3. The topological polar surface area (TPSA) is 85.2 Å². The van der Waals surface area contributed by atoms with E-state index >= 15 is 0 Å². The lowest BCUT2D eigenvalue weighted by molar-refractivity contribution is -0.0653. The lowest BCUT2D eigenvalue weighted by atomic mass is 10.1. The summed E-state index contributed by atoms with van der Waals surface area (Å²) in [7, 11) is 1.94. The Balaban J connectivity index is 2.07. The largest absolute Gasteiger partial charge is 0.382 e. The third-order valence-corrected chi connectivity index (χ3v) is 6.96. The van der Waals surface area contributed by atoms with Crippen LogP contribution in [0.15, 0.2) is 35.7 Å². The minimum absolute atomic E-state index is 0.0124. The summed E-state index contributed by atoms with van der Waals surface area (Å²) in [4.78, 5) is 22.7. The highest BCUT2D eigenvalue weighted by atomic mass is 35.5. The van der Waals surface area contributed by atoms with Crippen LogP contribution in [0.5, 0.6) is 0 Å². The number of aliphatic hydroxyl groups is 1. The number of amides is 1. The zero-order valence-electron chi connectivity index (χ0n) is 21.3. The molecule has 3 rings (SSSR count). The third-order valence-electron chi connectivity index (χ3n) is 6.23. The second-order valence-corrected chi connectivity index (χ2v) is 10.6. The third kappa shape index (κ3) is 6.30. The molecule has 8 nitrogen and oxygen atoms in total. The van der Waals surface area contributed by atoms with Gasteiger partial charge in [0, 0.05) is 49.2 Å². The zero-order chi connectivity index (χ0) is 26.1. The summed E-state index contributed by atoms with van der Waals surface area (Å²) < 4.78 is 0. The van der Waals surface area contributed by atoms with Gasteiger partial charge in [0.15, 0.2) is 5.82 Å². The van der Waals surface area contributed by atoms with Crippen molar-refractivity contribution < 1.29 is 9.90 Å². The SMILES string of the molecule is C/C1=N\N(C)[C@H](C)CN([C@@H](C)c2cnc(C(C)(C)O)nc2)N(C(=O)c2ccc(Cl)c(Cl)c2)[C@H](C)C1. The van der Waals surface area contributed by atoms with E-state index in [-0.39, 0.29) is 24.0 Å². The van der Waals surface area contributed by atoms with Crippen molar-refractivity contribution in [3.8, 4) is 0 Å². The summed E-state index contributed by atoms with van der Waals surface area (Å²) >= 11 is 12.4. The average Bonchev–Trinajstić information content (AvgIpc) is 2.82. The molecule has 0 unspecified atom stereocenters. The molecule has 2 heterocycles. The first-order valence-electron chi connectivity index (χ1n) is 11.7. The summed E-state index contributed by atoms with van der Waals surface area (Å²) in [6, 6.07) is 4.52. The lowest BCUT2D eigenvalue weighted by Crippen LogP contribution is -2.55. The normalized spacial score (nSPS) is 22.6. The zero-order valence-corrected chi connectivity index (χ0v) is 22.8. The fourth-order valence-corrected chi connectivity index (χ4v) is 4.42. The van der Waals surface area contributed by atoms with Crippen LogP contribution in [-0.2, 0) is 5.60 Å². The number of halogens is 2. The summed E-state index contributed by atoms with van der Waals surface area (Å²) in [5.41, 5.74) is 1.07. The molecule has 1 N–H and O–H groups in total. The van der Waals surface area contributed by atoms with Gasteiger partial charge in [0.1, 0.15) is 5.60 Å². The van der Waals surface area contributed by atoms with Crippen molar-refractivity contribution in [3.63, 3.8) is 0 Å². The van der Waals surface area contributed by atoms with Crippen LogP contribution in [0.3, 0.4) is 0 Å². The molecule has 1 aromatic heterocycles. The number of hydrogen-bond donors (Lipinski definition) is 1. The number of aromatic nitrogens is 2. The van der Waals surface area contributed by atoms with Crippen LogP contribution in [0.2, 0.25) is 10.0 Å². The molecular formula is C25H34Cl2N6O2. The molecule has 190 valence electrons. The van der Waals surface area contributed by atoms with Crippen LogP contribution in [0.1, 0.15) is 75.8 Å². The highest BCUT2D eigenvalue weighted by molar-refractivity contribution is 6.42. The Labute approximate surface area is 217 Å². The fraction of sp³-hybridized carbons (Fsp3) is 0.520. The number of likely N-dealkylation sites (N-methyl/N-ethyl adjacent to an activating group) is 1. The second-order valence-electron chi connectivity index (χ2n) is 9.79. The van der Waals surface area contributed by atoms with Crippen molar-refractivity contribution in [2.45, 2.75) is 71.7 Å². The van der Waals surface area contributed by atoms with Crippen molar-refractivity contribution in [3.05, 3.63) is 57.6 Å². The molecule has 10 heteroatoms. The van der Waals surface area contributed by atoms with E-state index in [1.54, 1.807) is 49.4 Å². The molecule has 2 aromatic rings. The number of rotatable bonds is 4. The van der Waals surface area contributed by atoms with Gasteiger partial charge in [-0.2, -0.15) is 5.10 Å². The highest BCUT2D eigenvalue weighted by Crippen LogP contribution is 2.30. The van der Waals surface area contributed by atoms with Crippen molar-refractivity contribution >= 4 is 34.8 Å². The standard InChI is InChI=1S/C25H34Cl2N6O2/c1-15-10-16(2)33(23(34)19-8-9-21(26)22(27)11-19)32(14-17(3)31(7)30-15)18(4)20-12-28-24(29-13-20)25(5,6)35/h8-9,11-13,16-18,35H,10,14H2,1-7H3/b30-15+/t16-,17-,18+/m1/s1. The van der Waals surface area contributed by atoms with Gasteiger partial charge in [-0.3, -0.25) is 14.8 Å². The minimum atomic E-state index is -1.14. The second kappa shape index (κ2) is 10.8. The average molecular weight is 521 g/mol. The molecule has 3 atom stereocenters. The monoisotopic (exact) mass is 520 g/mol. The number of carbonyl (C=O) groups is 1. The van der Waals surface area contributed by atoms with Crippen LogP contribution in [0.25, 0.3) is 0 Å². The van der Waals surface area contributed by atoms with Gasteiger partial charge in [0.05, 0.1) is 28.2 Å². The van der Waals surface area contributed by atoms with E-state index in [1.807, 2.05) is 37.8 Å². The molecule has 1 amide bonds. The summed E-state index contributed by atoms with van der Waals surface area (Å²) in [6.45, 7) is 11.9. The molecule has 0 radical (unpaired) electrons. The smallest absolute Gasteiger partial charge is 0.268 e. The predicted molar refractivity (Wildman–Crippen MR) is 139 cm³/mol. The Morgan fingerprint density at radius 3 is 2.34 bits per heavy atom. The molecule has 0 spiro atoms. The molecule has 0 bridgehead atoms. The van der Waals surface area contributed by atoms with Crippen molar-refractivity contribution in [1.29, 1.82) is 0 Å². The lowest BCUT2D eigenvalue weighted by Gasteiger charge is -2.43. The van der Waals surface area contributed by atoms with Gasteiger partial charge in [-0.1, -0.05) is 23.2 Å². The fourth-order valence-electron chi connectivity index (χ4n) is 4.12. The minimum Gasteiger partial charge on any atom is -0.382 e. The van der Waals surface area contributed by atoms with Crippen molar-refractivity contribution in [1.82, 2.24) is 25.0 Å². The first-order valence-corrected chi connectivity index (χ1v) is 12.4. The van der Waals surface area contributed by atoms with Crippen molar-refractivity contribution in [2.75, 3.05) is 13.6 Å². The van der Waals surface area contributed by atoms with Crippen LogP contribution in [0, 0.1) is 0 Å². The molecule has 0 aliphatic carbocycles. The maximum Gasteiger partial charge on any atom is 0.268 e. The number of hydrazine groups is 1. The molecule has 35 heavy (non-hydrogen) atoms. The van der Waals surface area contributed by atoms with Gasteiger partial charge >= 0.3 is 0 Å². The van der Waals surface area contributed by atoms with Gasteiger partial charge in [-0.15, -0.1) is 0 Å². The molecule has 0 fully saturated rings. The number of hydrogen-bond acceptors (Lipinski definition) is 7. The van der Waals surface area contributed by atoms with Gasteiger partial charge in [0.2, 0.25) is 0 Å².